The van der Waals surface area contributed by atoms with Crippen molar-refractivity contribution in [2.24, 2.45) is 10.8 Å². The van der Waals surface area contributed by atoms with Crippen LogP contribution in [0.2, 0.25) is 5.02 Å². The van der Waals surface area contributed by atoms with Gasteiger partial charge in [0.25, 0.3) is 5.91 Å². The van der Waals surface area contributed by atoms with Crippen molar-refractivity contribution in [2.45, 2.75) is 40.0 Å². The topological polar surface area (TPSA) is 32.8 Å². The van der Waals surface area contributed by atoms with E-state index in [-0.39, 0.29) is 17.9 Å². The standard InChI is InChI=1S/C21H31ClN2O2/c1-20(2,3)14-23-11-4-9-21(15-23)10-12-24(16-21)19(25)13-26-18-7-5-17(22)6-8-18/h5-8H,4,9-16H2,1-3H3/t21-/m0/s1. The maximum atomic E-state index is 12.6. The van der Waals surface area contributed by atoms with Crippen LogP contribution in [0.1, 0.15) is 40.0 Å². The maximum absolute atomic E-state index is 12.6. The molecule has 2 aliphatic rings. The third-order valence-electron chi connectivity index (χ3n) is 5.41. The van der Waals surface area contributed by atoms with Crippen molar-refractivity contribution in [1.29, 1.82) is 0 Å². The molecule has 1 aromatic carbocycles. The van der Waals surface area contributed by atoms with E-state index in [9.17, 15) is 4.79 Å². The summed E-state index contributed by atoms with van der Waals surface area (Å²) in [7, 11) is 0. The van der Waals surface area contributed by atoms with Gasteiger partial charge in [0.05, 0.1) is 0 Å². The fraction of sp³-hybridized carbons (Fsp3) is 0.667. The highest BCUT2D eigenvalue weighted by atomic mass is 35.5. The number of ether oxygens (including phenoxy) is 1. The summed E-state index contributed by atoms with van der Waals surface area (Å²) < 4.78 is 5.64. The number of hydrogen-bond donors (Lipinski definition) is 0. The lowest BCUT2D eigenvalue weighted by molar-refractivity contribution is -0.132. The number of benzene rings is 1. The molecule has 0 bridgehead atoms. The molecular formula is C21H31ClN2O2. The van der Waals surface area contributed by atoms with E-state index in [0.29, 0.717) is 16.2 Å². The zero-order valence-electron chi connectivity index (χ0n) is 16.3. The van der Waals surface area contributed by atoms with Gasteiger partial charge in [0, 0.05) is 36.6 Å². The molecule has 1 atom stereocenters. The second-order valence-corrected chi connectivity index (χ2v) is 9.62. The summed E-state index contributed by atoms with van der Waals surface area (Å²) in [6.07, 6.45) is 3.58. The van der Waals surface area contributed by atoms with Gasteiger partial charge in [0.1, 0.15) is 5.75 Å². The number of carbonyl (C=O) groups excluding carboxylic acids is 1. The molecule has 5 heteroatoms. The molecule has 1 aromatic rings. The Bertz CT molecular complexity index is 626. The second-order valence-electron chi connectivity index (χ2n) is 9.18. The number of likely N-dealkylation sites (tertiary alicyclic amines) is 2. The van der Waals surface area contributed by atoms with Crippen LogP contribution >= 0.6 is 11.6 Å². The monoisotopic (exact) mass is 378 g/mol. The Morgan fingerprint density at radius 1 is 1.15 bits per heavy atom. The fourth-order valence-electron chi connectivity index (χ4n) is 4.36. The van der Waals surface area contributed by atoms with E-state index in [0.717, 1.165) is 32.6 Å². The highest BCUT2D eigenvalue weighted by Gasteiger charge is 2.43. The summed E-state index contributed by atoms with van der Waals surface area (Å²) in [6, 6.07) is 7.15. The molecule has 2 saturated heterocycles. The summed E-state index contributed by atoms with van der Waals surface area (Å²) in [4.78, 5) is 17.2. The van der Waals surface area contributed by atoms with Gasteiger partial charge in [-0.2, -0.15) is 0 Å². The molecule has 2 fully saturated rings. The SMILES string of the molecule is CC(C)(C)CN1CCC[C@]2(CCN(C(=O)COc3ccc(Cl)cc3)C2)C1. The van der Waals surface area contributed by atoms with Gasteiger partial charge in [-0.05, 0) is 55.5 Å². The van der Waals surface area contributed by atoms with Gasteiger partial charge in [-0.25, -0.2) is 0 Å². The molecule has 0 N–H and O–H groups in total. The molecule has 26 heavy (non-hydrogen) atoms. The lowest BCUT2D eigenvalue weighted by atomic mass is 9.78. The summed E-state index contributed by atoms with van der Waals surface area (Å²) in [5, 5.41) is 0.669. The van der Waals surface area contributed by atoms with Crippen molar-refractivity contribution >= 4 is 17.5 Å². The minimum Gasteiger partial charge on any atom is -0.484 e. The van der Waals surface area contributed by atoms with E-state index >= 15 is 0 Å². The quantitative estimate of drug-likeness (QED) is 0.791. The number of nitrogens with zero attached hydrogens (tertiary/aromatic N) is 2. The van der Waals surface area contributed by atoms with E-state index in [2.05, 4.69) is 25.7 Å². The highest BCUT2D eigenvalue weighted by Crippen LogP contribution is 2.39. The van der Waals surface area contributed by atoms with E-state index in [1.54, 1.807) is 24.3 Å². The Morgan fingerprint density at radius 3 is 2.58 bits per heavy atom. The molecular weight excluding hydrogens is 348 g/mol. The van der Waals surface area contributed by atoms with Crippen molar-refractivity contribution in [2.75, 3.05) is 39.3 Å². The van der Waals surface area contributed by atoms with Gasteiger partial charge < -0.3 is 14.5 Å². The van der Waals surface area contributed by atoms with Gasteiger partial charge in [-0.3, -0.25) is 4.79 Å². The summed E-state index contributed by atoms with van der Waals surface area (Å²) in [5.74, 6) is 0.774. The van der Waals surface area contributed by atoms with Gasteiger partial charge in [-0.15, -0.1) is 0 Å². The zero-order chi connectivity index (χ0) is 18.8. The summed E-state index contributed by atoms with van der Waals surface area (Å²) in [6.45, 7) is 12.2. The average Bonchev–Trinajstić information content (AvgIpc) is 2.96. The molecule has 2 aliphatic heterocycles. The molecule has 0 unspecified atom stereocenters. The van der Waals surface area contributed by atoms with E-state index in [1.165, 1.54) is 19.4 Å². The zero-order valence-corrected chi connectivity index (χ0v) is 17.0. The van der Waals surface area contributed by atoms with Crippen LogP contribution in [0.4, 0.5) is 0 Å². The molecule has 144 valence electrons. The van der Waals surface area contributed by atoms with Crippen molar-refractivity contribution in [1.82, 2.24) is 9.80 Å². The van der Waals surface area contributed by atoms with Crippen molar-refractivity contribution in [3.8, 4) is 5.75 Å². The smallest absolute Gasteiger partial charge is 0.260 e. The molecule has 0 saturated carbocycles. The Labute approximate surface area is 162 Å². The Morgan fingerprint density at radius 2 is 1.88 bits per heavy atom. The number of piperidine rings is 1. The Balaban J connectivity index is 1.52. The number of amides is 1. The van der Waals surface area contributed by atoms with Crippen LogP contribution in [-0.4, -0.2) is 55.0 Å². The van der Waals surface area contributed by atoms with E-state index < -0.39 is 0 Å². The molecule has 0 aromatic heterocycles. The lowest BCUT2D eigenvalue weighted by Gasteiger charge is -2.42. The molecule has 2 heterocycles. The van der Waals surface area contributed by atoms with Crippen LogP contribution in [0.5, 0.6) is 5.75 Å². The molecule has 0 aliphatic carbocycles. The summed E-state index contributed by atoms with van der Waals surface area (Å²) in [5.41, 5.74) is 0.596. The number of hydrogen-bond acceptors (Lipinski definition) is 3. The second kappa shape index (κ2) is 7.77. The van der Waals surface area contributed by atoms with Crippen molar-refractivity contribution in [3.63, 3.8) is 0 Å². The molecule has 4 nitrogen and oxygen atoms in total. The minimum atomic E-state index is 0.0877. The lowest BCUT2D eigenvalue weighted by Crippen LogP contribution is -2.47. The predicted molar refractivity (Wildman–Crippen MR) is 106 cm³/mol. The van der Waals surface area contributed by atoms with Crippen LogP contribution in [-0.2, 0) is 4.79 Å². The predicted octanol–water partition coefficient (Wildman–Crippen LogP) is 4.08. The summed E-state index contributed by atoms with van der Waals surface area (Å²) >= 11 is 5.88. The Hall–Kier alpha value is -1.26. The van der Waals surface area contributed by atoms with Gasteiger partial charge >= 0.3 is 0 Å². The van der Waals surface area contributed by atoms with Crippen LogP contribution in [0.15, 0.2) is 24.3 Å². The van der Waals surface area contributed by atoms with Crippen LogP contribution in [0, 0.1) is 10.8 Å². The molecule has 1 amide bonds. The first kappa shape index (κ1) is 19.5. The minimum absolute atomic E-state index is 0.0877. The van der Waals surface area contributed by atoms with Crippen LogP contribution < -0.4 is 4.74 Å². The van der Waals surface area contributed by atoms with Crippen molar-refractivity contribution < 1.29 is 9.53 Å². The molecule has 1 spiro atoms. The fourth-order valence-corrected chi connectivity index (χ4v) is 4.49. The maximum Gasteiger partial charge on any atom is 0.260 e. The number of rotatable bonds is 4. The third kappa shape index (κ3) is 5.14. The first-order valence-electron chi connectivity index (χ1n) is 9.63. The van der Waals surface area contributed by atoms with E-state index in [1.807, 2.05) is 4.90 Å². The van der Waals surface area contributed by atoms with Gasteiger partial charge in [-0.1, -0.05) is 32.4 Å². The van der Waals surface area contributed by atoms with Gasteiger partial charge in [0.15, 0.2) is 6.61 Å². The molecule has 0 radical (unpaired) electrons. The van der Waals surface area contributed by atoms with Crippen LogP contribution in [0.25, 0.3) is 0 Å². The van der Waals surface area contributed by atoms with Crippen molar-refractivity contribution in [3.05, 3.63) is 29.3 Å². The van der Waals surface area contributed by atoms with E-state index in [4.69, 9.17) is 16.3 Å². The first-order chi connectivity index (χ1) is 12.2. The number of halogens is 1. The third-order valence-corrected chi connectivity index (χ3v) is 5.66. The molecule has 3 rings (SSSR count). The number of carbonyl (C=O) groups is 1. The largest absolute Gasteiger partial charge is 0.484 e. The first-order valence-corrected chi connectivity index (χ1v) is 10.0. The van der Waals surface area contributed by atoms with Crippen LogP contribution in [0.3, 0.4) is 0 Å². The average molecular weight is 379 g/mol. The highest BCUT2D eigenvalue weighted by molar-refractivity contribution is 6.30. The normalized spacial score (nSPS) is 24.2. The Kier molecular flexibility index (Phi) is 5.83. The van der Waals surface area contributed by atoms with Gasteiger partial charge in [0.2, 0.25) is 0 Å².